The molecule has 3 aromatic heterocycles. The molecule has 0 spiro atoms. The largest absolute Gasteiger partial charge is 0.373 e. The van der Waals surface area contributed by atoms with Gasteiger partial charge in [0.15, 0.2) is 5.82 Å². The molecule has 0 saturated heterocycles. The summed E-state index contributed by atoms with van der Waals surface area (Å²) in [6.07, 6.45) is 3.74. The molecule has 0 radical (unpaired) electrons. The van der Waals surface area contributed by atoms with Crippen LogP contribution in [0.5, 0.6) is 0 Å². The first-order valence-corrected chi connectivity index (χ1v) is 7.64. The highest BCUT2D eigenvalue weighted by Gasteiger charge is 2.12. The van der Waals surface area contributed by atoms with Crippen LogP contribution >= 0.6 is 27.3 Å². The van der Waals surface area contributed by atoms with E-state index < -0.39 is 0 Å². The number of hydrogen-bond donors (Lipinski definition) is 1. The van der Waals surface area contributed by atoms with Crippen LogP contribution in [-0.4, -0.2) is 26.8 Å². The zero-order valence-corrected chi connectivity index (χ0v) is 13.4. The lowest BCUT2D eigenvalue weighted by Gasteiger charge is -2.06. The van der Waals surface area contributed by atoms with E-state index >= 15 is 0 Å². The Bertz CT molecular complexity index is 749. The lowest BCUT2D eigenvalue weighted by atomic mass is 10.2. The summed E-state index contributed by atoms with van der Waals surface area (Å²) in [4.78, 5) is 10.2. The van der Waals surface area contributed by atoms with Crippen LogP contribution < -0.4 is 5.32 Å². The molecule has 0 unspecified atom stereocenters. The number of hydrogen-bond acceptors (Lipinski definition) is 5. The summed E-state index contributed by atoms with van der Waals surface area (Å²) >= 11 is 5.14. The van der Waals surface area contributed by atoms with Gasteiger partial charge in [0.05, 0.1) is 16.8 Å². The third-order valence-electron chi connectivity index (χ3n) is 2.80. The Morgan fingerprint density at radius 3 is 2.80 bits per heavy atom. The Balaban J connectivity index is 2.15. The number of aryl methyl sites for hydroxylation is 1. The van der Waals surface area contributed by atoms with E-state index in [1.54, 1.807) is 22.2 Å². The fourth-order valence-electron chi connectivity index (χ4n) is 1.83. The lowest BCUT2D eigenvalue weighted by molar-refractivity contribution is 0.768. The standard InChI is InChI=1S/C13H12BrN5S/c1-15-11-5-10(8-6-16-19(2)7-8)17-13(18-11)12-9(14)3-4-20-12/h3-7H,1-2H3,(H,15,17,18). The molecule has 5 nitrogen and oxygen atoms in total. The van der Waals surface area contributed by atoms with Gasteiger partial charge in [-0.25, -0.2) is 9.97 Å². The normalized spacial score (nSPS) is 10.8. The number of nitrogens with one attached hydrogen (secondary N) is 1. The first kappa shape index (κ1) is 13.3. The molecule has 0 saturated carbocycles. The highest BCUT2D eigenvalue weighted by Crippen LogP contribution is 2.33. The first-order valence-electron chi connectivity index (χ1n) is 5.96. The van der Waals surface area contributed by atoms with Crippen molar-refractivity contribution in [3.63, 3.8) is 0 Å². The summed E-state index contributed by atoms with van der Waals surface area (Å²) in [5, 5.41) is 9.28. The third kappa shape index (κ3) is 2.46. The van der Waals surface area contributed by atoms with Gasteiger partial charge in [0, 0.05) is 36.4 Å². The molecule has 0 aliphatic carbocycles. The number of halogens is 1. The van der Waals surface area contributed by atoms with Crippen molar-refractivity contribution >= 4 is 33.1 Å². The maximum atomic E-state index is 4.64. The van der Waals surface area contributed by atoms with E-state index in [1.165, 1.54) is 0 Å². The average molecular weight is 350 g/mol. The van der Waals surface area contributed by atoms with Gasteiger partial charge >= 0.3 is 0 Å². The smallest absolute Gasteiger partial charge is 0.173 e. The minimum Gasteiger partial charge on any atom is -0.373 e. The van der Waals surface area contributed by atoms with Gasteiger partial charge < -0.3 is 5.32 Å². The second-order valence-corrected chi connectivity index (χ2v) is 5.98. The van der Waals surface area contributed by atoms with E-state index in [-0.39, 0.29) is 0 Å². The lowest BCUT2D eigenvalue weighted by Crippen LogP contribution is -1.98. The molecule has 3 heterocycles. The number of rotatable bonds is 3. The van der Waals surface area contributed by atoms with Gasteiger partial charge in [-0.05, 0) is 27.4 Å². The molecule has 1 N–H and O–H groups in total. The Labute approximate surface area is 128 Å². The molecule has 0 amide bonds. The van der Waals surface area contributed by atoms with Crippen LogP contribution in [0.4, 0.5) is 5.82 Å². The third-order valence-corrected chi connectivity index (χ3v) is 4.64. The highest BCUT2D eigenvalue weighted by atomic mass is 79.9. The molecule has 0 aliphatic heterocycles. The van der Waals surface area contributed by atoms with Gasteiger partial charge in [-0.15, -0.1) is 11.3 Å². The molecule has 20 heavy (non-hydrogen) atoms. The summed E-state index contributed by atoms with van der Waals surface area (Å²) < 4.78 is 2.77. The molecule has 3 aromatic rings. The Kier molecular flexibility index (Phi) is 3.54. The van der Waals surface area contributed by atoms with E-state index in [0.29, 0.717) is 5.82 Å². The van der Waals surface area contributed by atoms with Gasteiger partial charge in [0.1, 0.15) is 5.82 Å². The van der Waals surface area contributed by atoms with Crippen LogP contribution in [0.1, 0.15) is 0 Å². The van der Waals surface area contributed by atoms with Crippen LogP contribution in [-0.2, 0) is 7.05 Å². The Morgan fingerprint density at radius 1 is 1.35 bits per heavy atom. The zero-order chi connectivity index (χ0) is 14.1. The van der Waals surface area contributed by atoms with E-state index in [0.717, 1.165) is 26.4 Å². The highest BCUT2D eigenvalue weighted by molar-refractivity contribution is 9.10. The van der Waals surface area contributed by atoms with Crippen molar-refractivity contribution in [3.8, 4) is 22.0 Å². The average Bonchev–Trinajstić information content (AvgIpc) is 3.07. The van der Waals surface area contributed by atoms with Crippen LogP contribution in [0.15, 0.2) is 34.4 Å². The molecular weight excluding hydrogens is 338 g/mol. The fraction of sp³-hybridized carbons (Fsp3) is 0.154. The molecular formula is C13H12BrN5S. The fourth-order valence-corrected chi connectivity index (χ4v) is 3.31. The summed E-state index contributed by atoms with van der Waals surface area (Å²) in [5.74, 6) is 1.49. The van der Waals surface area contributed by atoms with Gasteiger partial charge in [-0.3, -0.25) is 4.68 Å². The molecule has 3 rings (SSSR count). The van der Waals surface area contributed by atoms with Crippen molar-refractivity contribution in [2.24, 2.45) is 7.05 Å². The number of thiophene rings is 1. The number of aromatic nitrogens is 4. The van der Waals surface area contributed by atoms with E-state index in [1.807, 2.05) is 37.8 Å². The molecule has 102 valence electrons. The second-order valence-electron chi connectivity index (χ2n) is 4.21. The summed E-state index contributed by atoms with van der Waals surface area (Å²) in [5.41, 5.74) is 1.83. The predicted molar refractivity (Wildman–Crippen MR) is 84.8 cm³/mol. The summed E-state index contributed by atoms with van der Waals surface area (Å²) in [6, 6.07) is 3.92. The van der Waals surface area contributed by atoms with Gasteiger partial charge in [0.25, 0.3) is 0 Å². The molecule has 0 bridgehead atoms. The van der Waals surface area contributed by atoms with Crippen molar-refractivity contribution in [1.29, 1.82) is 0 Å². The van der Waals surface area contributed by atoms with Gasteiger partial charge in [-0.1, -0.05) is 0 Å². The van der Waals surface area contributed by atoms with Crippen LogP contribution in [0.2, 0.25) is 0 Å². The van der Waals surface area contributed by atoms with Crippen molar-refractivity contribution in [2.45, 2.75) is 0 Å². The monoisotopic (exact) mass is 349 g/mol. The Morgan fingerprint density at radius 2 is 2.20 bits per heavy atom. The van der Waals surface area contributed by atoms with Crippen LogP contribution in [0.3, 0.4) is 0 Å². The maximum Gasteiger partial charge on any atom is 0.173 e. The van der Waals surface area contributed by atoms with Crippen molar-refractivity contribution < 1.29 is 0 Å². The minimum absolute atomic E-state index is 0.706. The topological polar surface area (TPSA) is 55.6 Å². The van der Waals surface area contributed by atoms with Crippen LogP contribution in [0, 0.1) is 0 Å². The molecule has 0 aliphatic rings. The Hall–Kier alpha value is -1.73. The van der Waals surface area contributed by atoms with Gasteiger partial charge in [-0.2, -0.15) is 5.10 Å². The number of anilines is 1. The van der Waals surface area contributed by atoms with Crippen molar-refractivity contribution in [3.05, 3.63) is 34.4 Å². The quantitative estimate of drug-likeness (QED) is 0.787. The zero-order valence-electron chi connectivity index (χ0n) is 11.0. The molecule has 0 fully saturated rings. The minimum atomic E-state index is 0.706. The van der Waals surface area contributed by atoms with Crippen molar-refractivity contribution in [1.82, 2.24) is 19.7 Å². The van der Waals surface area contributed by atoms with Crippen LogP contribution in [0.25, 0.3) is 22.0 Å². The predicted octanol–water partition coefficient (Wildman–Crippen LogP) is 3.41. The first-order chi connectivity index (χ1) is 9.67. The molecule has 0 aromatic carbocycles. The van der Waals surface area contributed by atoms with E-state index in [4.69, 9.17) is 0 Å². The number of nitrogens with zero attached hydrogens (tertiary/aromatic N) is 4. The second kappa shape index (κ2) is 5.34. The summed E-state index contributed by atoms with van der Waals surface area (Å²) in [6.45, 7) is 0. The summed E-state index contributed by atoms with van der Waals surface area (Å²) in [7, 11) is 3.74. The SMILES string of the molecule is CNc1cc(-c2cnn(C)c2)nc(-c2sccc2Br)n1. The molecule has 7 heteroatoms. The van der Waals surface area contributed by atoms with Crippen molar-refractivity contribution in [2.75, 3.05) is 12.4 Å². The van der Waals surface area contributed by atoms with E-state index in [9.17, 15) is 0 Å². The van der Waals surface area contributed by atoms with E-state index in [2.05, 4.69) is 36.3 Å². The maximum absolute atomic E-state index is 4.64. The molecule has 0 atom stereocenters. The van der Waals surface area contributed by atoms with Gasteiger partial charge in [0.2, 0.25) is 0 Å².